The van der Waals surface area contributed by atoms with E-state index in [1.807, 2.05) is 10.6 Å². The third kappa shape index (κ3) is 3.45. The van der Waals surface area contributed by atoms with Crippen LogP contribution in [-0.4, -0.2) is 40.5 Å². The van der Waals surface area contributed by atoms with Gasteiger partial charge in [-0.1, -0.05) is 25.3 Å². The Hall–Kier alpha value is -1.82. The van der Waals surface area contributed by atoms with Crippen LogP contribution >= 0.6 is 15.9 Å². The van der Waals surface area contributed by atoms with E-state index in [9.17, 15) is 14.7 Å². The number of nitrogens with zero attached hydrogens (tertiary/aromatic N) is 2. The highest BCUT2D eigenvalue weighted by Gasteiger charge is 2.26. The summed E-state index contributed by atoms with van der Waals surface area (Å²) in [7, 11) is 3.46. The molecule has 25 heavy (non-hydrogen) atoms. The van der Waals surface area contributed by atoms with Crippen molar-refractivity contribution in [1.82, 2.24) is 9.47 Å². The van der Waals surface area contributed by atoms with Crippen LogP contribution in [0, 0.1) is 0 Å². The predicted octanol–water partition coefficient (Wildman–Crippen LogP) is 4.24. The Kier molecular flexibility index (Phi) is 5.18. The number of carbonyl (C=O) groups excluding carboxylic acids is 1. The number of fused-ring (bicyclic) bond motifs is 1. The van der Waals surface area contributed by atoms with Crippen LogP contribution in [0.3, 0.4) is 0 Å². The first kappa shape index (κ1) is 18.0. The quantitative estimate of drug-likeness (QED) is 0.825. The van der Waals surface area contributed by atoms with E-state index >= 15 is 0 Å². The molecule has 5 nitrogen and oxygen atoms in total. The van der Waals surface area contributed by atoms with E-state index in [2.05, 4.69) is 15.9 Å². The fraction of sp³-hybridized carbons (Fsp3) is 0.474. The van der Waals surface area contributed by atoms with E-state index in [4.69, 9.17) is 0 Å². The van der Waals surface area contributed by atoms with Gasteiger partial charge in [0.1, 0.15) is 6.54 Å². The maximum absolute atomic E-state index is 12.3. The Morgan fingerprint density at radius 1 is 1.24 bits per heavy atom. The van der Waals surface area contributed by atoms with Gasteiger partial charge in [0.2, 0.25) is 5.91 Å². The number of likely N-dealkylation sites (N-methyl/N-ethyl adjacent to an activating group) is 1. The highest BCUT2D eigenvalue weighted by atomic mass is 79.9. The lowest BCUT2D eigenvalue weighted by atomic mass is 9.84. The summed E-state index contributed by atoms with van der Waals surface area (Å²) < 4.78 is 2.82. The number of hydrogen-bond donors (Lipinski definition) is 1. The molecule has 1 N–H and O–H groups in total. The SMILES string of the molecule is CN(C)C(=O)Cn1c(Br)c(C2CCCCC2)c2ccc(C(=O)O)cc21. The van der Waals surface area contributed by atoms with Gasteiger partial charge in [-0.25, -0.2) is 4.79 Å². The Labute approximate surface area is 155 Å². The molecule has 1 amide bonds. The largest absolute Gasteiger partial charge is 0.478 e. The summed E-state index contributed by atoms with van der Waals surface area (Å²) in [5.41, 5.74) is 2.27. The summed E-state index contributed by atoms with van der Waals surface area (Å²) in [6, 6.07) is 5.23. The van der Waals surface area contributed by atoms with Crippen molar-refractivity contribution in [2.45, 2.75) is 44.6 Å². The van der Waals surface area contributed by atoms with Crippen molar-refractivity contribution >= 4 is 38.7 Å². The molecule has 134 valence electrons. The van der Waals surface area contributed by atoms with Crippen LogP contribution in [0.1, 0.15) is 53.9 Å². The normalized spacial score (nSPS) is 15.5. The van der Waals surface area contributed by atoms with Gasteiger partial charge in [0, 0.05) is 19.5 Å². The van der Waals surface area contributed by atoms with Crippen LogP contribution in [0.2, 0.25) is 0 Å². The molecule has 1 aliphatic carbocycles. The number of carboxylic acid groups (broad SMARTS) is 1. The van der Waals surface area contributed by atoms with Crippen molar-refractivity contribution in [3.63, 3.8) is 0 Å². The Morgan fingerprint density at radius 3 is 2.52 bits per heavy atom. The van der Waals surface area contributed by atoms with Gasteiger partial charge in [-0.05, 0) is 52.4 Å². The molecule has 1 heterocycles. The molecule has 0 bridgehead atoms. The molecular formula is C19H23BrN2O3. The van der Waals surface area contributed by atoms with Crippen molar-refractivity contribution in [1.29, 1.82) is 0 Å². The molecule has 1 aromatic carbocycles. The minimum Gasteiger partial charge on any atom is -0.478 e. The Morgan fingerprint density at radius 2 is 1.92 bits per heavy atom. The van der Waals surface area contributed by atoms with E-state index in [-0.39, 0.29) is 18.0 Å². The van der Waals surface area contributed by atoms with Gasteiger partial charge >= 0.3 is 5.97 Å². The lowest BCUT2D eigenvalue weighted by Gasteiger charge is -2.22. The average molecular weight is 407 g/mol. The van der Waals surface area contributed by atoms with E-state index in [1.165, 1.54) is 24.8 Å². The molecule has 1 aliphatic rings. The number of benzene rings is 1. The molecule has 1 fully saturated rings. The number of amides is 1. The van der Waals surface area contributed by atoms with Crippen molar-refractivity contribution in [2.24, 2.45) is 0 Å². The van der Waals surface area contributed by atoms with Crippen molar-refractivity contribution in [3.8, 4) is 0 Å². The number of hydrogen-bond acceptors (Lipinski definition) is 2. The van der Waals surface area contributed by atoms with Crippen LogP contribution in [0.15, 0.2) is 22.8 Å². The average Bonchev–Trinajstić information content (AvgIpc) is 2.86. The van der Waals surface area contributed by atoms with Gasteiger partial charge < -0.3 is 14.6 Å². The van der Waals surface area contributed by atoms with E-state index in [0.717, 1.165) is 28.3 Å². The van der Waals surface area contributed by atoms with Crippen molar-refractivity contribution < 1.29 is 14.7 Å². The van der Waals surface area contributed by atoms with Crippen LogP contribution in [0.5, 0.6) is 0 Å². The molecule has 0 radical (unpaired) electrons. The van der Waals surface area contributed by atoms with E-state index in [0.29, 0.717) is 5.92 Å². The highest BCUT2D eigenvalue weighted by molar-refractivity contribution is 9.10. The minimum absolute atomic E-state index is 0.0199. The summed E-state index contributed by atoms with van der Waals surface area (Å²) in [6.07, 6.45) is 5.98. The number of carbonyl (C=O) groups is 2. The van der Waals surface area contributed by atoms with Crippen molar-refractivity contribution in [2.75, 3.05) is 14.1 Å². The second kappa shape index (κ2) is 7.20. The van der Waals surface area contributed by atoms with Crippen LogP contribution < -0.4 is 0 Å². The third-order valence-electron chi connectivity index (χ3n) is 5.09. The lowest BCUT2D eigenvalue weighted by molar-refractivity contribution is -0.129. The summed E-state index contributed by atoms with van der Waals surface area (Å²) >= 11 is 3.71. The van der Waals surface area contributed by atoms with Gasteiger partial charge in [-0.2, -0.15) is 0 Å². The highest BCUT2D eigenvalue weighted by Crippen LogP contribution is 2.42. The topological polar surface area (TPSA) is 62.5 Å². The molecule has 0 aliphatic heterocycles. The maximum Gasteiger partial charge on any atom is 0.335 e. The number of rotatable bonds is 4. The number of halogens is 1. The van der Waals surface area contributed by atoms with Crippen molar-refractivity contribution in [3.05, 3.63) is 33.9 Å². The molecule has 0 spiro atoms. The van der Waals surface area contributed by atoms with Gasteiger partial charge in [-0.3, -0.25) is 4.79 Å². The number of aromatic carboxylic acids is 1. The molecule has 1 aromatic heterocycles. The van der Waals surface area contributed by atoms with Gasteiger partial charge in [0.15, 0.2) is 0 Å². The first-order chi connectivity index (χ1) is 11.9. The second-order valence-corrected chi connectivity index (χ2v) is 7.70. The fourth-order valence-electron chi connectivity index (χ4n) is 3.69. The molecule has 0 saturated heterocycles. The number of aromatic nitrogens is 1. The second-order valence-electron chi connectivity index (χ2n) is 6.95. The zero-order valence-electron chi connectivity index (χ0n) is 14.6. The van der Waals surface area contributed by atoms with E-state index in [1.54, 1.807) is 31.1 Å². The summed E-state index contributed by atoms with van der Waals surface area (Å²) in [6.45, 7) is 0.194. The minimum atomic E-state index is -0.955. The fourth-order valence-corrected chi connectivity index (χ4v) is 4.54. The molecule has 2 aromatic rings. The zero-order valence-corrected chi connectivity index (χ0v) is 16.2. The van der Waals surface area contributed by atoms with Crippen LogP contribution in [0.25, 0.3) is 10.9 Å². The van der Waals surface area contributed by atoms with Crippen LogP contribution in [-0.2, 0) is 11.3 Å². The maximum atomic E-state index is 12.3. The molecule has 1 saturated carbocycles. The molecule has 0 unspecified atom stereocenters. The molecule has 6 heteroatoms. The van der Waals surface area contributed by atoms with Gasteiger partial charge in [0.25, 0.3) is 0 Å². The molecule has 0 atom stereocenters. The molecular weight excluding hydrogens is 384 g/mol. The van der Waals surface area contributed by atoms with Gasteiger partial charge in [0.05, 0.1) is 15.7 Å². The standard InChI is InChI=1S/C19H23BrN2O3/c1-21(2)16(23)11-22-15-10-13(19(24)25)8-9-14(15)17(18(22)20)12-6-4-3-5-7-12/h8-10,12H,3-7,11H2,1-2H3,(H,24,25). The van der Waals surface area contributed by atoms with Crippen LogP contribution in [0.4, 0.5) is 0 Å². The monoisotopic (exact) mass is 406 g/mol. The smallest absolute Gasteiger partial charge is 0.335 e. The van der Waals surface area contributed by atoms with Gasteiger partial charge in [-0.15, -0.1) is 0 Å². The third-order valence-corrected chi connectivity index (χ3v) is 5.95. The van der Waals surface area contributed by atoms with E-state index < -0.39 is 5.97 Å². The Bertz CT molecular complexity index is 820. The first-order valence-electron chi connectivity index (χ1n) is 8.65. The number of carboxylic acids is 1. The Balaban J connectivity index is 2.17. The molecule has 3 rings (SSSR count). The zero-order chi connectivity index (χ0) is 18.1. The lowest BCUT2D eigenvalue weighted by Crippen LogP contribution is -2.26. The summed E-state index contributed by atoms with van der Waals surface area (Å²) in [4.78, 5) is 25.2. The predicted molar refractivity (Wildman–Crippen MR) is 101 cm³/mol. The summed E-state index contributed by atoms with van der Waals surface area (Å²) in [5, 5.41) is 10.4. The first-order valence-corrected chi connectivity index (χ1v) is 9.44. The summed E-state index contributed by atoms with van der Waals surface area (Å²) in [5.74, 6) is -0.519.